The largest absolute Gasteiger partial charge is 0.226 e. The molecule has 1 fully saturated rings. The zero-order valence-corrected chi connectivity index (χ0v) is 11.9. The van der Waals surface area contributed by atoms with E-state index in [1.54, 1.807) is 0 Å². The van der Waals surface area contributed by atoms with Gasteiger partial charge >= 0.3 is 0 Å². The molecule has 1 aliphatic rings. The Balaban J connectivity index is 1.93. The first kappa shape index (κ1) is 11.8. The van der Waals surface area contributed by atoms with E-state index in [0.29, 0.717) is 5.92 Å². The minimum absolute atomic E-state index is 0.673. The van der Waals surface area contributed by atoms with Crippen LogP contribution >= 0.6 is 15.9 Å². The second-order valence-corrected chi connectivity index (χ2v) is 5.49. The van der Waals surface area contributed by atoms with Crippen molar-refractivity contribution in [2.75, 3.05) is 0 Å². The van der Waals surface area contributed by atoms with Gasteiger partial charge in [-0.05, 0) is 41.3 Å². The molecule has 94 valence electrons. The maximum absolute atomic E-state index is 4.59. The minimum Gasteiger partial charge on any atom is -0.226 e. The van der Waals surface area contributed by atoms with Gasteiger partial charge in [-0.15, -0.1) is 0 Å². The van der Waals surface area contributed by atoms with Crippen LogP contribution < -0.4 is 0 Å². The maximum Gasteiger partial charge on any atom is 0.158 e. The van der Waals surface area contributed by atoms with Crippen LogP contribution in [-0.2, 0) is 6.42 Å². The molecule has 2 aromatic heterocycles. The molecular formula is C13H15BrN4. The van der Waals surface area contributed by atoms with E-state index >= 15 is 0 Å². The molecule has 0 radical (unpaired) electrons. The van der Waals surface area contributed by atoms with E-state index in [4.69, 9.17) is 0 Å². The molecule has 3 rings (SSSR count). The van der Waals surface area contributed by atoms with Crippen LogP contribution in [0, 0.1) is 0 Å². The molecule has 2 aromatic rings. The molecule has 4 nitrogen and oxygen atoms in total. The van der Waals surface area contributed by atoms with Crippen molar-refractivity contribution in [3.63, 3.8) is 0 Å². The molecule has 1 saturated carbocycles. The molecule has 0 spiro atoms. The fourth-order valence-corrected chi connectivity index (χ4v) is 2.38. The summed E-state index contributed by atoms with van der Waals surface area (Å²) in [7, 11) is 0. The summed E-state index contributed by atoms with van der Waals surface area (Å²) in [6, 6.07) is 4.00. The highest BCUT2D eigenvalue weighted by Gasteiger charge is 2.26. The van der Waals surface area contributed by atoms with Gasteiger partial charge in [0.05, 0.1) is 5.69 Å². The van der Waals surface area contributed by atoms with Crippen LogP contribution in [0.1, 0.15) is 43.6 Å². The standard InChI is InChI=1S/C13H15BrN4/c1-2-3-12-15-11(14)8-13(16-12)18-7-6-10(17-18)9-4-5-9/h6-9H,2-5H2,1H3. The zero-order chi connectivity index (χ0) is 12.5. The Morgan fingerprint density at radius 3 is 2.94 bits per heavy atom. The van der Waals surface area contributed by atoms with Gasteiger partial charge < -0.3 is 0 Å². The van der Waals surface area contributed by atoms with E-state index in [1.807, 2.05) is 16.9 Å². The number of rotatable bonds is 4. The number of hydrogen-bond acceptors (Lipinski definition) is 3. The summed E-state index contributed by atoms with van der Waals surface area (Å²) in [6.45, 7) is 2.13. The SMILES string of the molecule is CCCc1nc(Br)cc(-n2ccc(C3CC3)n2)n1. The van der Waals surface area contributed by atoms with Gasteiger partial charge in [-0.1, -0.05) is 6.92 Å². The highest BCUT2D eigenvalue weighted by molar-refractivity contribution is 9.10. The third kappa shape index (κ3) is 2.46. The summed E-state index contributed by atoms with van der Waals surface area (Å²) >= 11 is 3.44. The van der Waals surface area contributed by atoms with Gasteiger partial charge in [-0.3, -0.25) is 0 Å². The Labute approximate surface area is 115 Å². The lowest BCUT2D eigenvalue weighted by molar-refractivity contribution is 0.767. The van der Waals surface area contributed by atoms with Crippen molar-refractivity contribution < 1.29 is 0 Å². The van der Waals surface area contributed by atoms with Crippen LogP contribution in [0.4, 0.5) is 0 Å². The Hall–Kier alpha value is -1.23. The van der Waals surface area contributed by atoms with Gasteiger partial charge in [-0.2, -0.15) is 5.10 Å². The third-order valence-electron chi connectivity index (χ3n) is 3.04. The predicted molar refractivity (Wildman–Crippen MR) is 72.8 cm³/mol. The number of halogens is 1. The molecule has 0 unspecified atom stereocenters. The van der Waals surface area contributed by atoms with Crippen LogP contribution in [0.3, 0.4) is 0 Å². The van der Waals surface area contributed by atoms with Crippen molar-refractivity contribution in [2.45, 2.75) is 38.5 Å². The second kappa shape index (κ2) is 4.80. The summed E-state index contributed by atoms with van der Waals surface area (Å²) < 4.78 is 2.67. The first-order valence-corrected chi connectivity index (χ1v) is 7.15. The van der Waals surface area contributed by atoms with Crippen molar-refractivity contribution in [1.82, 2.24) is 19.7 Å². The number of hydrogen-bond donors (Lipinski definition) is 0. The van der Waals surface area contributed by atoms with Crippen LogP contribution in [0.2, 0.25) is 0 Å². The molecule has 0 aromatic carbocycles. The van der Waals surface area contributed by atoms with Gasteiger partial charge in [0, 0.05) is 24.6 Å². The van der Waals surface area contributed by atoms with Crippen molar-refractivity contribution in [2.24, 2.45) is 0 Å². The molecule has 1 aliphatic carbocycles. The number of aryl methyl sites for hydroxylation is 1. The van der Waals surface area contributed by atoms with Gasteiger partial charge in [-0.25, -0.2) is 14.6 Å². The first-order valence-electron chi connectivity index (χ1n) is 6.35. The molecule has 0 N–H and O–H groups in total. The van der Waals surface area contributed by atoms with Crippen LogP contribution in [-0.4, -0.2) is 19.7 Å². The highest BCUT2D eigenvalue weighted by Crippen LogP contribution is 2.38. The summed E-state index contributed by atoms with van der Waals surface area (Å²) in [4.78, 5) is 8.91. The van der Waals surface area contributed by atoms with E-state index in [0.717, 1.165) is 29.1 Å². The maximum atomic E-state index is 4.59. The Morgan fingerprint density at radius 2 is 2.22 bits per heavy atom. The summed E-state index contributed by atoms with van der Waals surface area (Å²) in [5.74, 6) is 2.38. The lowest BCUT2D eigenvalue weighted by Crippen LogP contribution is -2.04. The topological polar surface area (TPSA) is 43.6 Å². The van der Waals surface area contributed by atoms with Crippen molar-refractivity contribution in [3.05, 3.63) is 34.5 Å². The van der Waals surface area contributed by atoms with Crippen LogP contribution in [0.25, 0.3) is 5.82 Å². The molecule has 0 atom stereocenters. The normalized spacial score (nSPS) is 15.0. The van der Waals surface area contributed by atoms with Gasteiger partial charge in [0.2, 0.25) is 0 Å². The Morgan fingerprint density at radius 1 is 1.39 bits per heavy atom. The smallest absolute Gasteiger partial charge is 0.158 e. The Kier molecular flexibility index (Phi) is 3.16. The molecule has 18 heavy (non-hydrogen) atoms. The van der Waals surface area contributed by atoms with E-state index in [2.05, 4.69) is 44.0 Å². The van der Waals surface area contributed by atoms with Crippen LogP contribution in [0.15, 0.2) is 22.9 Å². The third-order valence-corrected chi connectivity index (χ3v) is 3.45. The quantitative estimate of drug-likeness (QED) is 0.814. The van der Waals surface area contributed by atoms with Gasteiger partial charge in [0.25, 0.3) is 0 Å². The zero-order valence-electron chi connectivity index (χ0n) is 10.3. The lowest BCUT2D eigenvalue weighted by atomic mass is 10.3. The van der Waals surface area contributed by atoms with Crippen molar-refractivity contribution >= 4 is 15.9 Å². The Bertz CT molecular complexity index is 560. The monoisotopic (exact) mass is 306 g/mol. The number of aromatic nitrogens is 4. The van der Waals surface area contributed by atoms with Gasteiger partial charge in [0.15, 0.2) is 5.82 Å². The number of nitrogens with zero attached hydrogens (tertiary/aromatic N) is 4. The minimum atomic E-state index is 0.673. The second-order valence-electron chi connectivity index (χ2n) is 4.67. The molecule has 0 aliphatic heterocycles. The molecule has 5 heteroatoms. The van der Waals surface area contributed by atoms with E-state index in [-0.39, 0.29) is 0 Å². The first-order chi connectivity index (χ1) is 8.76. The van der Waals surface area contributed by atoms with Crippen molar-refractivity contribution in [1.29, 1.82) is 0 Å². The molecular weight excluding hydrogens is 292 g/mol. The fraction of sp³-hybridized carbons (Fsp3) is 0.462. The molecule has 2 heterocycles. The fourth-order valence-electron chi connectivity index (χ4n) is 1.97. The predicted octanol–water partition coefficient (Wildman–Crippen LogP) is 3.25. The molecule has 0 saturated heterocycles. The molecule has 0 amide bonds. The molecule has 0 bridgehead atoms. The summed E-state index contributed by atoms with van der Waals surface area (Å²) in [5, 5.41) is 4.59. The highest BCUT2D eigenvalue weighted by atomic mass is 79.9. The average Bonchev–Trinajstić information content (AvgIpc) is 3.07. The van der Waals surface area contributed by atoms with E-state index in [1.165, 1.54) is 18.5 Å². The summed E-state index contributed by atoms with van der Waals surface area (Å²) in [5.41, 5.74) is 1.18. The lowest BCUT2D eigenvalue weighted by Gasteiger charge is -2.04. The van der Waals surface area contributed by atoms with Gasteiger partial charge in [0.1, 0.15) is 10.4 Å². The van der Waals surface area contributed by atoms with Crippen molar-refractivity contribution in [3.8, 4) is 5.82 Å². The van der Waals surface area contributed by atoms with E-state index < -0.39 is 0 Å². The average molecular weight is 307 g/mol. The van der Waals surface area contributed by atoms with Crippen LogP contribution in [0.5, 0.6) is 0 Å². The van der Waals surface area contributed by atoms with E-state index in [9.17, 15) is 0 Å². The summed E-state index contributed by atoms with van der Waals surface area (Å²) in [6.07, 6.45) is 6.46.